The highest BCUT2D eigenvalue weighted by Gasteiger charge is 2.19. The van der Waals surface area contributed by atoms with Gasteiger partial charge in [-0.15, -0.1) is 0 Å². The summed E-state index contributed by atoms with van der Waals surface area (Å²) in [5.74, 6) is -1.35. The van der Waals surface area contributed by atoms with Crippen LogP contribution in [-0.4, -0.2) is 33.1 Å². The molecular weight excluding hydrogens is 463 g/mol. The molecule has 0 atom stereocenters. The molecule has 2 heterocycles. The van der Waals surface area contributed by atoms with Crippen molar-refractivity contribution in [2.24, 2.45) is 0 Å². The molecule has 9 heteroatoms. The number of nitrogens with zero attached hydrogens (tertiary/aromatic N) is 3. The van der Waals surface area contributed by atoms with Gasteiger partial charge in [-0.2, -0.15) is 0 Å². The minimum atomic E-state index is -0.482. The van der Waals surface area contributed by atoms with Crippen LogP contribution in [0.15, 0.2) is 83.9 Å². The van der Waals surface area contributed by atoms with E-state index >= 15 is 0 Å². The molecule has 5 aromatic rings. The van der Waals surface area contributed by atoms with Crippen LogP contribution in [0, 0.1) is 5.82 Å². The van der Waals surface area contributed by atoms with Gasteiger partial charge in [0.15, 0.2) is 0 Å². The lowest BCUT2D eigenvalue weighted by Gasteiger charge is -2.10. The fraction of sp³-hybridized carbons (Fsp3) is 0.111. The van der Waals surface area contributed by atoms with Gasteiger partial charge in [-0.3, -0.25) is 14.2 Å². The third-order valence-corrected chi connectivity index (χ3v) is 5.88. The first kappa shape index (κ1) is 23.0. The number of fused-ring (bicyclic) bond motifs is 3. The van der Waals surface area contributed by atoms with Crippen LogP contribution < -0.4 is 10.9 Å². The van der Waals surface area contributed by atoms with Crippen molar-refractivity contribution in [1.29, 1.82) is 0 Å². The van der Waals surface area contributed by atoms with E-state index in [2.05, 4.69) is 15.0 Å². The fourth-order valence-corrected chi connectivity index (χ4v) is 4.18. The van der Waals surface area contributed by atoms with Crippen molar-refractivity contribution in [3.63, 3.8) is 0 Å². The summed E-state index contributed by atoms with van der Waals surface area (Å²) in [4.78, 5) is 42.6. The first-order valence-corrected chi connectivity index (χ1v) is 11.1. The SMILES string of the molecule is COC(=O)c1ccc(NC(=O)Cn2c3ccc(F)cc3c3ncn(Cc4ccccc4)c(=O)c32)cc1. The van der Waals surface area contributed by atoms with E-state index in [1.54, 1.807) is 16.7 Å². The topological polar surface area (TPSA) is 95.2 Å². The molecule has 0 spiro atoms. The Morgan fingerprint density at radius 2 is 1.78 bits per heavy atom. The molecule has 1 N–H and O–H groups in total. The number of benzene rings is 3. The molecule has 3 aromatic carbocycles. The monoisotopic (exact) mass is 484 g/mol. The Labute approximate surface area is 204 Å². The fourth-order valence-electron chi connectivity index (χ4n) is 4.18. The van der Waals surface area contributed by atoms with Crippen molar-refractivity contribution in [3.05, 3.63) is 106 Å². The highest BCUT2D eigenvalue weighted by atomic mass is 19.1. The number of esters is 1. The van der Waals surface area contributed by atoms with E-state index in [1.807, 2.05) is 30.3 Å². The third-order valence-electron chi connectivity index (χ3n) is 5.88. The van der Waals surface area contributed by atoms with Crippen LogP contribution in [0.2, 0.25) is 0 Å². The number of carbonyl (C=O) groups is 2. The number of ether oxygens (including phenoxy) is 1. The quantitative estimate of drug-likeness (QED) is 0.368. The van der Waals surface area contributed by atoms with E-state index < -0.39 is 17.7 Å². The molecule has 0 saturated carbocycles. The maximum atomic E-state index is 14.1. The van der Waals surface area contributed by atoms with Crippen LogP contribution in [0.1, 0.15) is 15.9 Å². The lowest BCUT2D eigenvalue weighted by atomic mass is 10.2. The summed E-state index contributed by atoms with van der Waals surface area (Å²) in [5.41, 5.74) is 2.46. The van der Waals surface area contributed by atoms with Crippen LogP contribution in [0.25, 0.3) is 21.9 Å². The van der Waals surface area contributed by atoms with Gasteiger partial charge < -0.3 is 14.6 Å². The Morgan fingerprint density at radius 1 is 1.03 bits per heavy atom. The second-order valence-corrected chi connectivity index (χ2v) is 8.23. The smallest absolute Gasteiger partial charge is 0.337 e. The van der Waals surface area contributed by atoms with E-state index in [-0.39, 0.29) is 17.6 Å². The standard InChI is InChI=1S/C27H21FN4O4/c1-36-27(35)18-7-10-20(11-8-18)30-23(33)15-32-22-12-9-19(28)13-21(22)24-25(32)26(34)31(16-29-24)14-17-5-3-2-4-6-17/h2-13,16H,14-15H2,1H3,(H,30,33). The number of aromatic nitrogens is 3. The molecule has 0 saturated heterocycles. The Balaban J connectivity index is 1.53. The van der Waals surface area contributed by atoms with Crippen LogP contribution in [-0.2, 0) is 22.6 Å². The zero-order valence-corrected chi connectivity index (χ0v) is 19.3. The third kappa shape index (κ3) is 4.34. The summed E-state index contributed by atoms with van der Waals surface area (Å²) in [6.07, 6.45) is 1.44. The first-order chi connectivity index (χ1) is 17.4. The first-order valence-electron chi connectivity index (χ1n) is 11.1. The molecule has 0 aliphatic carbocycles. The maximum Gasteiger partial charge on any atom is 0.337 e. The maximum absolute atomic E-state index is 14.1. The van der Waals surface area contributed by atoms with Crippen molar-refractivity contribution in [2.75, 3.05) is 12.4 Å². The molecule has 0 aliphatic heterocycles. The second-order valence-electron chi connectivity index (χ2n) is 8.23. The van der Waals surface area contributed by atoms with Gasteiger partial charge >= 0.3 is 5.97 Å². The zero-order chi connectivity index (χ0) is 25.2. The summed E-state index contributed by atoms with van der Waals surface area (Å²) < 4.78 is 21.8. The molecule has 0 radical (unpaired) electrons. The largest absolute Gasteiger partial charge is 0.465 e. The molecule has 0 fully saturated rings. The van der Waals surface area contributed by atoms with Crippen molar-refractivity contribution in [3.8, 4) is 0 Å². The van der Waals surface area contributed by atoms with Gasteiger partial charge in [0.2, 0.25) is 5.91 Å². The van der Waals surface area contributed by atoms with Gasteiger partial charge in [-0.05, 0) is 48.0 Å². The summed E-state index contributed by atoms with van der Waals surface area (Å²) in [7, 11) is 1.29. The summed E-state index contributed by atoms with van der Waals surface area (Å²) in [5, 5.41) is 3.21. The van der Waals surface area contributed by atoms with Crippen molar-refractivity contribution in [1.82, 2.24) is 14.1 Å². The minimum Gasteiger partial charge on any atom is -0.465 e. The van der Waals surface area contributed by atoms with E-state index in [9.17, 15) is 18.8 Å². The van der Waals surface area contributed by atoms with Gasteiger partial charge in [-0.1, -0.05) is 30.3 Å². The van der Waals surface area contributed by atoms with E-state index in [1.165, 1.54) is 48.3 Å². The summed E-state index contributed by atoms with van der Waals surface area (Å²) >= 11 is 0. The summed E-state index contributed by atoms with van der Waals surface area (Å²) in [6, 6.07) is 19.8. The Kier molecular flexibility index (Phi) is 6.03. The van der Waals surface area contributed by atoms with E-state index in [4.69, 9.17) is 0 Å². The van der Waals surface area contributed by atoms with Crippen molar-refractivity contribution < 1.29 is 18.7 Å². The van der Waals surface area contributed by atoms with Crippen LogP contribution >= 0.6 is 0 Å². The molecule has 0 aliphatic rings. The molecule has 8 nitrogen and oxygen atoms in total. The Bertz CT molecular complexity index is 1660. The number of amides is 1. The second kappa shape index (κ2) is 9.46. The number of nitrogens with one attached hydrogen (secondary N) is 1. The Hall–Kier alpha value is -4.79. The number of methoxy groups -OCH3 is 1. The van der Waals surface area contributed by atoms with Gasteiger partial charge in [0.25, 0.3) is 5.56 Å². The Morgan fingerprint density at radius 3 is 2.50 bits per heavy atom. The van der Waals surface area contributed by atoms with Gasteiger partial charge in [-0.25, -0.2) is 14.2 Å². The lowest BCUT2D eigenvalue weighted by molar-refractivity contribution is -0.116. The van der Waals surface area contributed by atoms with Crippen LogP contribution in [0.4, 0.5) is 10.1 Å². The number of hydrogen-bond acceptors (Lipinski definition) is 5. The molecule has 36 heavy (non-hydrogen) atoms. The van der Waals surface area contributed by atoms with Crippen molar-refractivity contribution in [2.45, 2.75) is 13.1 Å². The highest BCUT2D eigenvalue weighted by molar-refractivity contribution is 6.06. The molecule has 2 aromatic heterocycles. The van der Waals surface area contributed by atoms with Gasteiger partial charge in [0, 0.05) is 11.1 Å². The van der Waals surface area contributed by atoms with E-state index in [0.29, 0.717) is 34.2 Å². The predicted octanol–water partition coefficient (Wildman–Crippen LogP) is 3.96. The predicted molar refractivity (Wildman–Crippen MR) is 133 cm³/mol. The minimum absolute atomic E-state index is 0.198. The van der Waals surface area contributed by atoms with Gasteiger partial charge in [0.1, 0.15) is 23.4 Å². The molecule has 1 amide bonds. The normalized spacial score (nSPS) is 11.1. The van der Waals surface area contributed by atoms with Crippen molar-refractivity contribution >= 4 is 39.5 Å². The number of anilines is 1. The van der Waals surface area contributed by atoms with Crippen LogP contribution in [0.5, 0.6) is 0 Å². The molecule has 0 bridgehead atoms. The number of carbonyl (C=O) groups excluding carboxylic acids is 2. The summed E-state index contributed by atoms with van der Waals surface area (Å²) in [6.45, 7) is 0.105. The molecule has 5 rings (SSSR count). The highest BCUT2D eigenvalue weighted by Crippen LogP contribution is 2.26. The molecule has 180 valence electrons. The average molecular weight is 484 g/mol. The zero-order valence-electron chi connectivity index (χ0n) is 19.3. The molecule has 0 unspecified atom stereocenters. The average Bonchev–Trinajstić information content (AvgIpc) is 3.19. The van der Waals surface area contributed by atoms with E-state index in [0.717, 1.165) is 5.56 Å². The lowest BCUT2D eigenvalue weighted by Crippen LogP contribution is -2.25. The number of rotatable bonds is 6. The number of hydrogen-bond donors (Lipinski definition) is 1. The number of halogens is 1. The van der Waals surface area contributed by atoms with Gasteiger partial charge in [0.05, 0.1) is 31.1 Å². The molecular formula is C27H21FN4O4. The van der Waals surface area contributed by atoms with Crippen LogP contribution in [0.3, 0.4) is 0 Å².